The van der Waals surface area contributed by atoms with E-state index in [9.17, 15) is 0 Å². The van der Waals surface area contributed by atoms with Crippen molar-refractivity contribution in [1.29, 1.82) is 0 Å². The van der Waals surface area contributed by atoms with Gasteiger partial charge in [-0.25, -0.2) is 0 Å². The highest BCUT2D eigenvalue weighted by atomic mass is 16.3. The molecule has 0 aliphatic carbocycles. The second-order valence-corrected chi connectivity index (χ2v) is 3.21. The first-order valence-electron chi connectivity index (χ1n) is 5.55. The monoisotopic (exact) mass is 190 g/mol. The quantitative estimate of drug-likeness (QED) is 0.606. The molecule has 0 spiro atoms. The van der Waals surface area contributed by atoms with E-state index in [1.165, 1.54) is 19.3 Å². The maximum Gasteiger partial charge on any atom is 0.0431 e. The summed E-state index contributed by atoms with van der Waals surface area (Å²) < 4.78 is 0. The molecule has 13 heavy (non-hydrogen) atoms. The first-order valence-corrected chi connectivity index (χ1v) is 5.55. The largest absolute Gasteiger partial charge is 0.396 e. The molecule has 0 atom stereocenters. The van der Waals surface area contributed by atoms with E-state index >= 15 is 0 Å². The Bertz CT molecular complexity index is 57.1. The van der Waals surface area contributed by atoms with Gasteiger partial charge >= 0.3 is 0 Å². The minimum Gasteiger partial charge on any atom is -0.396 e. The van der Waals surface area contributed by atoms with E-state index in [4.69, 9.17) is 10.2 Å². The molecule has 2 nitrogen and oxygen atoms in total. The van der Waals surface area contributed by atoms with E-state index in [0.29, 0.717) is 0 Å². The molecule has 0 heterocycles. The molecule has 0 fully saturated rings. The van der Waals surface area contributed by atoms with E-state index in [-0.39, 0.29) is 13.2 Å². The van der Waals surface area contributed by atoms with Crippen molar-refractivity contribution < 1.29 is 10.2 Å². The Labute approximate surface area is 83.0 Å². The number of aliphatic hydroxyl groups is 2. The van der Waals surface area contributed by atoms with Gasteiger partial charge in [-0.05, 0) is 12.8 Å². The molecule has 0 saturated carbocycles. The van der Waals surface area contributed by atoms with Gasteiger partial charge in [0.2, 0.25) is 0 Å². The Morgan fingerprint density at radius 2 is 1.00 bits per heavy atom. The predicted molar refractivity (Wildman–Crippen MR) is 57.8 cm³/mol. The van der Waals surface area contributed by atoms with Crippen LogP contribution in [0.2, 0.25) is 0 Å². The van der Waals surface area contributed by atoms with Crippen molar-refractivity contribution in [2.75, 3.05) is 13.2 Å². The number of rotatable bonds is 7. The number of hydrogen-bond donors (Lipinski definition) is 2. The van der Waals surface area contributed by atoms with Crippen molar-refractivity contribution in [3.05, 3.63) is 0 Å². The van der Waals surface area contributed by atoms with Crippen LogP contribution >= 0.6 is 0 Å². The zero-order chi connectivity index (χ0) is 10.4. The molecule has 0 aromatic carbocycles. The van der Waals surface area contributed by atoms with Gasteiger partial charge in [0.1, 0.15) is 0 Å². The second kappa shape index (κ2) is 17.9. The van der Waals surface area contributed by atoms with Crippen molar-refractivity contribution >= 4 is 0 Å². The second-order valence-electron chi connectivity index (χ2n) is 3.21. The lowest BCUT2D eigenvalue weighted by Crippen LogP contribution is -1.85. The average molecular weight is 190 g/mol. The lowest BCUT2D eigenvalue weighted by atomic mass is 10.2. The zero-order valence-electron chi connectivity index (χ0n) is 9.26. The molecule has 0 bridgehead atoms. The normalized spacial score (nSPS) is 9.23. The van der Waals surface area contributed by atoms with Crippen LogP contribution in [-0.4, -0.2) is 23.4 Å². The lowest BCUT2D eigenvalue weighted by Gasteiger charge is -1.93. The Hall–Kier alpha value is -0.0800. The van der Waals surface area contributed by atoms with Gasteiger partial charge in [-0.2, -0.15) is 0 Å². The van der Waals surface area contributed by atoms with Crippen molar-refractivity contribution in [1.82, 2.24) is 0 Å². The van der Waals surface area contributed by atoms with Crippen LogP contribution < -0.4 is 0 Å². The lowest BCUT2D eigenvalue weighted by molar-refractivity contribution is 0.265. The van der Waals surface area contributed by atoms with Crippen molar-refractivity contribution in [3.63, 3.8) is 0 Å². The maximum absolute atomic E-state index is 8.30. The molecule has 2 heteroatoms. The summed E-state index contributed by atoms with van der Waals surface area (Å²) in [5, 5.41) is 16.6. The van der Waals surface area contributed by atoms with Crippen LogP contribution in [-0.2, 0) is 0 Å². The van der Waals surface area contributed by atoms with Crippen LogP contribution in [0.4, 0.5) is 0 Å². The standard InChI is InChI=1S/C6H14O2.C5H12/c7-5-3-1-2-4-6-8;1-3-5-4-2/h7-8H,1-6H2;3-5H2,1-2H3. The van der Waals surface area contributed by atoms with E-state index in [1.807, 2.05) is 0 Å². The fraction of sp³-hybridized carbons (Fsp3) is 1.00. The minimum absolute atomic E-state index is 0.283. The Morgan fingerprint density at radius 3 is 1.15 bits per heavy atom. The van der Waals surface area contributed by atoms with Crippen molar-refractivity contribution in [3.8, 4) is 0 Å². The van der Waals surface area contributed by atoms with Gasteiger partial charge in [0.15, 0.2) is 0 Å². The summed E-state index contributed by atoms with van der Waals surface area (Å²) in [5.74, 6) is 0. The third kappa shape index (κ3) is 24.5. The van der Waals surface area contributed by atoms with Crippen LogP contribution in [0.5, 0.6) is 0 Å². The van der Waals surface area contributed by atoms with Gasteiger partial charge in [-0.1, -0.05) is 46.0 Å². The number of aliphatic hydroxyl groups excluding tert-OH is 2. The minimum atomic E-state index is 0.283. The first kappa shape index (κ1) is 15.4. The van der Waals surface area contributed by atoms with E-state index in [1.54, 1.807) is 0 Å². The highest BCUT2D eigenvalue weighted by Crippen LogP contribution is 1.96. The van der Waals surface area contributed by atoms with E-state index < -0.39 is 0 Å². The first-order chi connectivity index (χ1) is 6.33. The molecule has 0 saturated heterocycles. The number of unbranched alkanes of at least 4 members (excludes halogenated alkanes) is 5. The van der Waals surface area contributed by atoms with Gasteiger partial charge in [-0.15, -0.1) is 0 Å². The molecule has 0 radical (unpaired) electrons. The van der Waals surface area contributed by atoms with Gasteiger partial charge in [-0.3, -0.25) is 0 Å². The van der Waals surface area contributed by atoms with E-state index in [2.05, 4.69) is 13.8 Å². The Kier molecular flexibility index (Phi) is 21.2. The summed E-state index contributed by atoms with van der Waals surface area (Å²) >= 11 is 0. The van der Waals surface area contributed by atoms with Crippen LogP contribution in [0.3, 0.4) is 0 Å². The molecule has 0 aliphatic heterocycles. The van der Waals surface area contributed by atoms with Gasteiger partial charge in [0.25, 0.3) is 0 Å². The van der Waals surface area contributed by atoms with Gasteiger partial charge < -0.3 is 10.2 Å². The number of hydrogen-bond acceptors (Lipinski definition) is 2. The summed E-state index contributed by atoms with van der Waals surface area (Å²) in [5.41, 5.74) is 0. The van der Waals surface area contributed by atoms with Crippen LogP contribution in [0.15, 0.2) is 0 Å². The molecule has 0 aliphatic rings. The predicted octanol–water partition coefficient (Wildman–Crippen LogP) is 2.73. The van der Waals surface area contributed by atoms with Crippen LogP contribution in [0.25, 0.3) is 0 Å². The van der Waals surface area contributed by atoms with E-state index in [0.717, 1.165) is 25.7 Å². The highest BCUT2D eigenvalue weighted by molar-refractivity contribution is 4.39. The SMILES string of the molecule is CCCCC.OCCCCCCO. The third-order valence-electron chi connectivity index (χ3n) is 1.77. The Balaban J connectivity index is 0. The topological polar surface area (TPSA) is 40.5 Å². The maximum atomic E-state index is 8.30. The highest BCUT2D eigenvalue weighted by Gasteiger charge is 1.84. The summed E-state index contributed by atoms with van der Waals surface area (Å²) in [6.07, 6.45) is 7.90. The van der Waals surface area contributed by atoms with Gasteiger partial charge in [0, 0.05) is 13.2 Å². The fourth-order valence-electron chi connectivity index (χ4n) is 0.931. The smallest absolute Gasteiger partial charge is 0.0431 e. The fourth-order valence-corrected chi connectivity index (χ4v) is 0.931. The summed E-state index contributed by atoms with van der Waals surface area (Å²) in [7, 11) is 0. The average Bonchev–Trinajstić information content (AvgIpc) is 2.15. The molecular weight excluding hydrogens is 164 g/mol. The molecule has 0 aromatic rings. The molecule has 2 N–H and O–H groups in total. The van der Waals surface area contributed by atoms with Crippen LogP contribution in [0.1, 0.15) is 58.8 Å². The zero-order valence-corrected chi connectivity index (χ0v) is 9.26. The Morgan fingerprint density at radius 1 is 0.615 bits per heavy atom. The van der Waals surface area contributed by atoms with Crippen molar-refractivity contribution in [2.45, 2.75) is 58.8 Å². The molecule has 0 rings (SSSR count). The molecule has 0 unspecified atom stereocenters. The molecule has 0 amide bonds. The van der Waals surface area contributed by atoms with Crippen LogP contribution in [0, 0.1) is 0 Å². The van der Waals surface area contributed by atoms with Crippen molar-refractivity contribution in [2.24, 2.45) is 0 Å². The summed E-state index contributed by atoms with van der Waals surface area (Å²) in [6.45, 7) is 4.99. The molecule has 0 aromatic heterocycles. The van der Waals surface area contributed by atoms with Gasteiger partial charge in [0.05, 0.1) is 0 Å². The summed E-state index contributed by atoms with van der Waals surface area (Å²) in [4.78, 5) is 0. The third-order valence-corrected chi connectivity index (χ3v) is 1.77. The molecular formula is C11H26O2. The summed E-state index contributed by atoms with van der Waals surface area (Å²) in [6, 6.07) is 0. The molecule has 82 valence electrons.